The van der Waals surface area contributed by atoms with Gasteiger partial charge in [-0.15, -0.1) is 0 Å². The van der Waals surface area contributed by atoms with Gasteiger partial charge in [0.25, 0.3) is 0 Å². The SMILES string of the molecule is COc1cc2c(cc1OC)[C@H](NC(=O)CCCn1cccc1)CC2. The highest BCUT2D eigenvalue weighted by Crippen LogP contribution is 2.39. The highest BCUT2D eigenvalue weighted by atomic mass is 16.5. The monoisotopic (exact) mass is 328 g/mol. The van der Waals surface area contributed by atoms with Gasteiger partial charge in [0.2, 0.25) is 5.91 Å². The van der Waals surface area contributed by atoms with Crippen molar-refractivity contribution >= 4 is 5.91 Å². The summed E-state index contributed by atoms with van der Waals surface area (Å²) in [6, 6.07) is 8.08. The number of benzene rings is 1. The zero-order valence-corrected chi connectivity index (χ0v) is 14.2. The molecule has 0 fully saturated rings. The minimum Gasteiger partial charge on any atom is -0.493 e. The number of fused-ring (bicyclic) bond motifs is 1. The molecule has 0 saturated carbocycles. The molecule has 5 heteroatoms. The summed E-state index contributed by atoms with van der Waals surface area (Å²) in [5.41, 5.74) is 2.37. The number of carbonyl (C=O) groups excluding carboxylic acids is 1. The van der Waals surface area contributed by atoms with Crippen LogP contribution in [0, 0.1) is 0 Å². The summed E-state index contributed by atoms with van der Waals surface area (Å²) in [5, 5.41) is 3.16. The summed E-state index contributed by atoms with van der Waals surface area (Å²) in [4.78, 5) is 12.2. The number of aromatic nitrogens is 1. The van der Waals surface area contributed by atoms with E-state index in [1.807, 2.05) is 36.7 Å². The minimum absolute atomic E-state index is 0.0684. The number of methoxy groups -OCH3 is 2. The van der Waals surface area contributed by atoms with Crippen molar-refractivity contribution in [2.24, 2.45) is 0 Å². The van der Waals surface area contributed by atoms with E-state index in [-0.39, 0.29) is 11.9 Å². The standard InChI is InChI=1S/C19H24N2O3/c1-23-17-12-14-7-8-16(15(14)13-18(17)24-2)20-19(22)6-5-11-21-9-3-4-10-21/h3-4,9-10,12-13,16H,5-8,11H2,1-2H3,(H,20,22)/t16-/m1/s1. The molecule has 1 aromatic carbocycles. The Balaban J connectivity index is 1.58. The molecule has 0 spiro atoms. The van der Waals surface area contributed by atoms with Crippen LogP contribution in [0.1, 0.15) is 36.4 Å². The summed E-state index contributed by atoms with van der Waals surface area (Å²) in [6.07, 6.45) is 7.29. The molecule has 24 heavy (non-hydrogen) atoms. The maximum atomic E-state index is 12.2. The first kappa shape index (κ1) is 16.4. The van der Waals surface area contributed by atoms with Crippen LogP contribution in [0.4, 0.5) is 0 Å². The van der Waals surface area contributed by atoms with Gasteiger partial charge in [0.15, 0.2) is 11.5 Å². The van der Waals surface area contributed by atoms with Crippen LogP contribution >= 0.6 is 0 Å². The number of rotatable bonds is 7. The van der Waals surface area contributed by atoms with Gasteiger partial charge in [-0.2, -0.15) is 0 Å². The van der Waals surface area contributed by atoms with Crippen LogP contribution in [0.15, 0.2) is 36.7 Å². The quantitative estimate of drug-likeness (QED) is 0.850. The smallest absolute Gasteiger partial charge is 0.220 e. The maximum Gasteiger partial charge on any atom is 0.220 e. The Morgan fingerprint density at radius 3 is 2.62 bits per heavy atom. The summed E-state index contributed by atoms with van der Waals surface area (Å²) >= 11 is 0. The molecule has 2 aromatic rings. The second kappa shape index (κ2) is 7.43. The van der Waals surface area contributed by atoms with E-state index < -0.39 is 0 Å². The Kier molecular flexibility index (Phi) is 5.08. The molecule has 0 saturated heterocycles. The van der Waals surface area contributed by atoms with Crippen LogP contribution in [0.2, 0.25) is 0 Å². The molecular formula is C19H24N2O3. The lowest BCUT2D eigenvalue weighted by Crippen LogP contribution is -2.27. The predicted molar refractivity (Wildman–Crippen MR) is 92.4 cm³/mol. The molecule has 1 aliphatic carbocycles. The normalized spacial score (nSPS) is 15.8. The van der Waals surface area contributed by atoms with Gasteiger partial charge in [0.05, 0.1) is 20.3 Å². The zero-order valence-electron chi connectivity index (χ0n) is 14.2. The van der Waals surface area contributed by atoms with Crippen molar-refractivity contribution < 1.29 is 14.3 Å². The number of nitrogens with one attached hydrogen (secondary N) is 1. The van der Waals surface area contributed by atoms with Gasteiger partial charge in [-0.05, 0) is 54.7 Å². The van der Waals surface area contributed by atoms with Gasteiger partial charge in [0, 0.05) is 25.4 Å². The van der Waals surface area contributed by atoms with E-state index in [1.165, 1.54) is 5.56 Å². The van der Waals surface area contributed by atoms with E-state index >= 15 is 0 Å². The molecule has 1 atom stereocenters. The molecule has 0 radical (unpaired) electrons. The first-order valence-corrected chi connectivity index (χ1v) is 8.36. The van der Waals surface area contributed by atoms with Crippen molar-refractivity contribution in [2.45, 2.75) is 38.3 Å². The molecule has 5 nitrogen and oxygen atoms in total. The van der Waals surface area contributed by atoms with Crippen LogP contribution in [0.25, 0.3) is 0 Å². The third-order valence-corrected chi connectivity index (χ3v) is 4.54. The summed E-state index contributed by atoms with van der Waals surface area (Å²) < 4.78 is 12.8. The largest absolute Gasteiger partial charge is 0.493 e. The fourth-order valence-corrected chi connectivity index (χ4v) is 3.29. The van der Waals surface area contributed by atoms with Crippen molar-refractivity contribution in [3.05, 3.63) is 47.8 Å². The average molecular weight is 328 g/mol. The summed E-state index contributed by atoms with van der Waals surface area (Å²) in [6.45, 7) is 0.868. The van der Waals surface area contributed by atoms with Gasteiger partial charge in [-0.1, -0.05) is 0 Å². The predicted octanol–water partition coefficient (Wildman–Crippen LogP) is 3.09. The van der Waals surface area contributed by atoms with Crippen LogP contribution in [-0.2, 0) is 17.8 Å². The highest BCUT2D eigenvalue weighted by molar-refractivity contribution is 5.76. The van der Waals surface area contributed by atoms with Crippen molar-refractivity contribution in [1.29, 1.82) is 0 Å². The third kappa shape index (κ3) is 3.55. The molecule has 1 aliphatic rings. The molecule has 0 unspecified atom stereocenters. The third-order valence-electron chi connectivity index (χ3n) is 4.54. The van der Waals surface area contributed by atoms with E-state index in [0.717, 1.165) is 37.1 Å². The minimum atomic E-state index is 0.0684. The van der Waals surface area contributed by atoms with E-state index in [0.29, 0.717) is 12.2 Å². The Labute approximate surface area is 142 Å². The average Bonchev–Trinajstić information content (AvgIpc) is 3.23. The molecule has 1 amide bonds. The van der Waals surface area contributed by atoms with Crippen molar-refractivity contribution in [1.82, 2.24) is 9.88 Å². The summed E-state index contributed by atoms with van der Waals surface area (Å²) in [7, 11) is 3.28. The molecule has 3 rings (SSSR count). The Hall–Kier alpha value is -2.43. The second-order valence-corrected chi connectivity index (χ2v) is 6.09. The lowest BCUT2D eigenvalue weighted by Gasteiger charge is -2.16. The fourth-order valence-electron chi connectivity index (χ4n) is 3.29. The van der Waals surface area contributed by atoms with Crippen LogP contribution in [0.3, 0.4) is 0 Å². The van der Waals surface area contributed by atoms with E-state index in [1.54, 1.807) is 14.2 Å². The molecule has 1 aromatic heterocycles. The number of nitrogens with zero attached hydrogens (tertiary/aromatic N) is 1. The lowest BCUT2D eigenvalue weighted by molar-refractivity contribution is -0.122. The van der Waals surface area contributed by atoms with Crippen molar-refractivity contribution in [3.8, 4) is 11.5 Å². The number of ether oxygens (including phenoxy) is 2. The van der Waals surface area contributed by atoms with Gasteiger partial charge in [-0.25, -0.2) is 0 Å². The van der Waals surface area contributed by atoms with Crippen molar-refractivity contribution in [2.75, 3.05) is 14.2 Å². The maximum absolute atomic E-state index is 12.2. The second-order valence-electron chi connectivity index (χ2n) is 6.09. The fraction of sp³-hybridized carbons (Fsp3) is 0.421. The first-order valence-electron chi connectivity index (χ1n) is 8.36. The van der Waals surface area contributed by atoms with Gasteiger partial charge >= 0.3 is 0 Å². The van der Waals surface area contributed by atoms with Gasteiger partial charge in [-0.3, -0.25) is 4.79 Å². The van der Waals surface area contributed by atoms with Crippen molar-refractivity contribution in [3.63, 3.8) is 0 Å². The molecule has 0 aliphatic heterocycles. The number of hydrogen-bond acceptors (Lipinski definition) is 3. The van der Waals surface area contributed by atoms with Crippen LogP contribution in [-0.4, -0.2) is 24.7 Å². The highest BCUT2D eigenvalue weighted by Gasteiger charge is 2.26. The zero-order chi connectivity index (χ0) is 16.9. The molecule has 0 bridgehead atoms. The number of carbonyl (C=O) groups is 1. The Morgan fingerprint density at radius 2 is 1.92 bits per heavy atom. The molecule has 1 N–H and O–H groups in total. The lowest BCUT2D eigenvalue weighted by atomic mass is 10.1. The number of amides is 1. The van der Waals surface area contributed by atoms with Gasteiger partial charge < -0.3 is 19.4 Å². The number of hydrogen-bond donors (Lipinski definition) is 1. The van der Waals surface area contributed by atoms with E-state index in [2.05, 4.69) is 9.88 Å². The van der Waals surface area contributed by atoms with E-state index in [9.17, 15) is 4.79 Å². The van der Waals surface area contributed by atoms with Crippen LogP contribution < -0.4 is 14.8 Å². The Morgan fingerprint density at radius 1 is 1.21 bits per heavy atom. The van der Waals surface area contributed by atoms with Gasteiger partial charge in [0.1, 0.15) is 0 Å². The van der Waals surface area contributed by atoms with E-state index in [4.69, 9.17) is 9.47 Å². The Bertz CT molecular complexity index is 695. The topological polar surface area (TPSA) is 52.5 Å². The molecular weight excluding hydrogens is 304 g/mol. The van der Waals surface area contributed by atoms with Crippen LogP contribution in [0.5, 0.6) is 11.5 Å². The first-order chi connectivity index (χ1) is 11.7. The molecule has 1 heterocycles. The summed E-state index contributed by atoms with van der Waals surface area (Å²) in [5.74, 6) is 1.56. The number of aryl methyl sites for hydroxylation is 2. The molecule has 128 valence electrons.